The molecule has 0 aliphatic carbocycles. The number of hydrogen-bond donors (Lipinski definition) is 1. The highest BCUT2D eigenvalue weighted by atomic mass is 35.5. The van der Waals surface area contributed by atoms with E-state index in [1.54, 1.807) is 6.07 Å². The SMILES string of the molecule is CCN(CC(C)C#N)c1cccc(Cl)c1C=CC(=O)O. The number of nitriles is 1. The van der Waals surface area contributed by atoms with Crippen LogP contribution in [0.2, 0.25) is 5.02 Å². The van der Waals surface area contributed by atoms with E-state index in [9.17, 15) is 4.79 Å². The first-order valence-electron chi connectivity index (χ1n) is 6.33. The fraction of sp³-hybridized carbons (Fsp3) is 0.333. The van der Waals surface area contributed by atoms with Gasteiger partial charge in [-0.1, -0.05) is 17.7 Å². The van der Waals surface area contributed by atoms with E-state index in [0.29, 0.717) is 23.7 Å². The average molecular weight is 293 g/mol. The molecule has 0 aliphatic rings. The minimum atomic E-state index is -1.02. The molecule has 0 heterocycles. The molecule has 0 fully saturated rings. The van der Waals surface area contributed by atoms with Gasteiger partial charge in [0.15, 0.2) is 0 Å². The Kier molecular flexibility index (Phi) is 6.08. The molecule has 1 atom stereocenters. The molecule has 0 spiro atoms. The summed E-state index contributed by atoms with van der Waals surface area (Å²) < 4.78 is 0. The van der Waals surface area contributed by atoms with Crippen LogP contribution >= 0.6 is 11.6 Å². The van der Waals surface area contributed by atoms with Crippen molar-refractivity contribution in [2.24, 2.45) is 5.92 Å². The molecule has 5 heteroatoms. The van der Waals surface area contributed by atoms with Gasteiger partial charge >= 0.3 is 5.97 Å². The standard InChI is InChI=1S/C15H17ClN2O2/c1-3-18(10-11(2)9-17)14-6-4-5-13(16)12(14)7-8-15(19)20/h4-8,11H,3,10H2,1-2H3,(H,19,20). The lowest BCUT2D eigenvalue weighted by Crippen LogP contribution is -2.28. The van der Waals surface area contributed by atoms with E-state index >= 15 is 0 Å². The maximum Gasteiger partial charge on any atom is 0.328 e. The third-order valence-corrected chi connectivity index (χ3v) is 3.19. The van der Waals surface area contributed by atoms with Gasteiger partial charge in [-0.05, 0) is 32.1 Å². The van der Waals surface area contributed by atoms with Gasteiger partial charge in [0.2, 0.25) is 0 Å². The van der Waals surface area contributed by atoms with E-state index in [2.05, 4.69) is 6.07 Å². The molecular formula is C15H17ClN2O2. The van der Waals surface area contributed by atoms with Crippen molar-refractivity contribution < 1.29 is 9.90 Å². The molecule has 106 valence electrons. The van der Waals surface area contributed by atoms with Crippen LogP contribution in [0, 0.1) is 17.2 Å². The Labute approximate surface area is 123 Å². The zero-order valence-corrected chi connectivity index (χ0v) is 12.3. The number of benzene rings is 1. The molecule has 1 rings (SSSR count). The van der Waals surface area contributed by atoms with E-state index in [4.69, 9.17) is 22.0 Å². The van der Waals surface area contributed by atoms with E-state index in [0.717, 1.165) is 11.8 Å². The first-order chi connectivity index (χ1) is 9.49. The number of carbonyl (C=O) groups is 1. The predicted molar refractivity (Wildman–Crippen MR) is 80.8 cm³/mol. The van der Waals surface area contributed by atoms with Gasteiger partial charge in [-0.3, -0.25) is 0 Å². The van der Waals surface area contributed by atoms with Crippen LogP contribution in [-0.2, 0) is 4.79 Å². The quantitative estimate of drug-likeness (QED) is 0.816. The van der Waals surface area contributed by atoms with Crippen molar-refractivity contribution in [3.05, 3.63) is 34.9 Å². The van der Waals surface area contributed by atoms with Gasteiger partial charge in [-0.2, -0.15) is 5.26 Å². The lowest BCUT2D eigenvalue weighted by Gasteiger charge is -2.26. The molecule has 0 amide bonds. The van der Waals surface area contributed by atoms with Crippen LogP contribution in [0.15, 0.2) is 24.3 Å². The minimum Gasteiger partial charge on any atom is -0.478 e. The number of carboxylic acids is 1. The fourth-order valence-corrected chi connectivity index (χ4v) is 2.12. The van der Waals surface area contributed by atoms with Crippen LogP contribution in [0.4, 0.5) is 5.69 Å². The summed E-state index contributed by atoms with van der Waals surface area (Å²) in [6.45, 7) is 5.11. The van der Waals surface area contributed by atoms with Crippen LogP contribution in [0.3, 0.4) is 0 Å². The molecule has 0 saturated carbocycles. The average Bonchev–Trinajstić information content (AvgIpc) is 2.42. The first kappa shape index (κ1) is 16.1. The molecule has 20 heavy (non-hydrogen) atoms. The number of anilines is 1. The van der Waals surface area contributed by atoms with Crippen molar-refractivity contribution in [1.29, 1.82) is 5.26 Å². The number of carboxylic acid groups (broad SMARTS) is 1. The molecule has 0 radical (unpaired) electrons. The Bertz CT molecular complexity index is 549. The van der Waals surface area contributed by atoms with Crippen molar-refractivity contribution in [2.45, 2.75) is 13.8 Å². The van der Waals surface area contributed by atoms with Crippen LogP contribution in [-0.4, -0.2) is 24.2 Å². The largest absolute Gasteiger partial charge is 0.478 e. The fourth-order valence-electron chi connectivity index (χ4n) is 1.89. The second kappa shape index (κ2) is 7.56. The summed E-state index contributed by atoms with van der Waals surface area (Å²) in [6, 6.07) is 7.60. The Hall–Kier alpha value is -1.99. The Morgan fingerprint density at radius 2 is 2.30 bits per heavy atom. The molecular weight excluding hydrogens is 276 g/mol. The topological polar surface area (TPSA) is 64.3 Å². The van der Waals surface area contributed by atoms with Crippen LogP contribution in [0.1, 0.15) is 19.4 Å². The van der Waals surface area contributed by atoms with E-state index in [-0.39, 0.29) is 5.92 Å². The van der Waals surface area contributed by atoms with Crippen molar-refractivity contribution in [2.75, 3.05) is 18.0 Å². The van der Waals surface area contributed by atoms with Crippen molar-refractivity contribution >= 4 is 29.3 Å². The summed E-state index contributed by atoms with van der Waals surface area (Å²) in [5.41, 5.74) is 1.49. The van der Waals surface area contributed by atoms with Gasteiger partial charge < -0.3 is 10.0 Å². The summed E-state index contributed by atoms with van der Waals surface area (Å²) in [5.74, 6) is -1.14. The van der Waals surface area contributed by atoms with Gasteiger partial charge in [0.25, 0.3) is 0 Å². The monoisotopic (exact) mass is 292 g/mol. The Morgan fingerprint density at radius 1 is 1.60 bits per heavy atom. The number of nitrogens with zero attached hydrogens (tertiary/aromatic N) is 2. The molecule has 0 saturated heterocycles. The Morgan fingerprint density at radius 3 is 2.85 bits per heavy atom. The second-order valence-corrected chi connectivity index (χ2v) is 4.82. The minimum absolute atomic E-state index is 0.120. The highest BCUT2D eigenvalue weighted by Gasteiger charge is 2.13. The zero-order chi connectivity index (χ0) is 15.1. The number of halogens is 1. The summed E-state index contributed by atoms with van der Waals surface area (Å²) in [4.78, 5) is 12.7. The van der Waals surface area contributed by atoms with Crippen LogP contribution in [0.5, 0.6) is 0 Å². The zero-order valence-electron chi connectivity index (χ0n) is 11.5. The number of hydrogen-bond acceptors (Lipinski definition) is 3. The molecule has 1 aromatic rings. The van der Waals surface area contributed by atoms with Crippen molar-refractivity contribution in [3.63, 3.8) is 0 Å². The molecule has 0 aliphatic heterocycles. The summed E-state index contributed by atoms with van der Waals surface area (Å²) in [6.07, 6.45) is 2.55. The predicted octanol–water partition coefficient (Wildman–Crippen LogP) is 3.42. The summed E-state index contributed by atoms with van der Waals surface area (Å²) in [7, 11) is 0. The van der Waals surface area contributed by atoms with Crippen LogP contribution in [0.25, 0.3) is 6.08 Å². The van der Waals surface area contributed by atoms with Crippen LogP contribution < -0.4 is 4.90 Å². The highest BCUT2D eigenvalue weighted by Crippen LogP contribution is 2.29. The second-order valence-electron chi connectivity index (χ2n) is 4.41. The smallest absolute Gasteiger partial charge is 0.328 e. The van der Waals surface area contributed by atoms with Crippen molar-refractivity contribution in [3.8, 4) is 6.07 Å². The Balaban J connectivity index is 3.18. The van der Waals surface area contributed by atoms with Gasteiger partial charge in [-0.25, -0.2) is 4.79 Å². The third kappa shape index (κ3) is 4.29. The number of rotatable bonds is 6. The van der Waals surface area contributed by atoms with Gasteiger partial charge in [0.1, 0.15) is 0 Å². The van der Waals surface area contributed by atoms with Crippen molar-refractivity contribution in [1.82, 2.24) is 0 Å². The maximum absolute atomic E-state index is 10.7. The molecule has 1 aromatic carbocycles. The van der Waals surface area contributed by atoms with E-state index in [1.807, 2.05) is 30.9 Å². The molecule has 0 aromatic heterocycles. The van der Waals surface area contributed by atoms with Gasteiger partial charge in [0.05, 0.1) is 12.0 Å². The molecule has 1 unspecified atom stereocenters. The third-order valence-electron chi connectivity index (χ3n) is 2.86. The van der Waals surface area contributed by atoms with E-state index < -0.39 is 5.97 Å². The summed E-state index contributed by atoms with van der Waals surface area (Å²) >= 11 is 6.15. The molecule has 1 N–H and O–H groups in total. The first-order valence-corrected chi connectivity index (χ1v) is 6.71. The van der Waals surface area contributed by atoms with Gasteiger partial charge in [-0.15, -0.1) is 0 Å². The number of aliphatic carboxylic acids is 1. The lowest BCUT2D eigenvalue weighted by molar-refractivity contribution is -0.131. The lowest BCUT2D eigenvalue weighted by atomic mass is 10.1. The highest BCUT2D eigenvalue weighted by molar-refractivity contribution is 6.32. The normalized spacial score (nSPS) is 12.1. The molecule has 4 nitrogen and oxygen atoms in total. The maximum atomic E-state index is 10.7. The molecule has 0 bridgehead atoms. The summed E-state index contributed by atoms with van der Waals surface area (Å²) in [5, 5.41) is 18.2. The van der Waals surface area contributed by atoms with E-state index in [1.165, 1.54) is 6.08 Å². The van der Waals surface area contributed by atoms with Gasteiger partial charge in [0, 0.05) is 35.4 Å².